The van der Waals surface area contributed by atoms with E-state index < -0.39 is 10.0 Å². The minimum atomic E-state index is -3.89. The van der Waals surface area contributed by atoms with Crippen molar-refractivity contribution in [2.24, 2.45) is 0 Å². The molecule has 1 heterocycles. The molecule has 0 unspecified atom stereocenters. The number of aryl methyl sites for hydroxylation is 1. The summed E-state index contributed by atoms with van der Waals surface area (Å²) in [6.07, 6.45) is 4.95. The number of hydrogen-bond acceptors (Lipinski definition) is 5. The lowest BCUT2D eigenvalue weighted by atomic mass is 9.87. The predicted octanol–water partition coefficient (Wildman–Crippen LogP) is 3.42. The molecule has 0 saturated heterocycles. The van der Waals surface area contributed by atoms with Crippen molar-refractivity contribution >= 4 is 15.9 Å². The molecule has 7 nitrogen and oxygen atoms in total. The van der Waals surface area contributed by atoms with Crippen molar-refractivity contribution in [3.05, 3.63) is 89.2 Å². The molecule has 33 heavy (non-hydrogen) atoms. The van der Waals surface area contributed by atoms with Crippen LogP contribution < -0.4 is 14.8 Å². The van der Waals surface area contributed by atoms with Crippen LogP contribution in [0.2, 0.25) is 0 Å². The third kappa shape index (κ3) is 5.40. The number of carbonyl (C=O) groups excluding carboxylic acids is 1. The summed E-state index contributed by atoms with van der Waals surface area (Å²) >= 11 is 0. The number of nitrogens with zero attached hydrogens (tertiary/aromatic N) is 1. The molecule has 2 N–H and O–H groups in total. The number of fused-ring (bicyclic) bond motifs is 1. The molecule has 172 valence electrons. The van der Waals surface area contributed by atoms with Gasteiger partial charge in [-0.2, -0.15) is 0 Å². The van der Waals surface area contributed by atoms with Gasteiger partial charge in [-0.15, -0.1) is 0 Å². The summed E-state index contributed by atoms with van der Waals surface area (Å²) in [4.78, 5) is 17.2. The molecule has 1 aliphatic rings. The summed E-state index contributed by atoms with van der Waals surface area (Å²) in [6.45, 7) is 0.178. The first kappa shape index (κ1) is 22.9. The Morgan fingerprint density at radius 2 is 1.94 bits per heavy atom. The van der Waals surface area contributed by atoms with Crippen LogP contribution in [0, 0.1) is 0 Å². The fourth-order valence-electron chi connectivity index (χ4n) is 4.11. The lowest BCUT2D eigenvalue weighted by Gasteiger charge is -2.26. The Kier molecular flexibility index (Phi) is 7.05. The van der Waals surface area contributed by atoms with Crippen LogP contribution in [0.1, 0.15) is 46.1 Å². The lowest BCUT2D eigenvalue weighted by Crippen LogP contribution is -2.31. The fourth-order valence-corrected chi connectivity index (χ4v) is 5.34. The van der Waals surface area contributed by atoms with Crippen LogP contribution in [0.25, 0.3) is 0 Å². The van der Waals surface area contributed by atoms with Crippen LogP contribution in [0.5, 0.6) is 5.75 Å². The van der Waals surface area contributed by atoms with Gasteiger partial charge in [0.25, 0.3) is 5.91 Å². The van der Waals surface area contributed by atoms with Crippen molar-refractivity contribution in [2.45, 2.75) is 36.6 Å². The minimum Gasteiger partial charge on any atom is -0.495 e. The van der Waals surface area contributed by atoms with Crippen LogP contribution in [0.3, 0.4) is 0 Å². The lowest BCUT2D eigenvalue weighted by molar-refractivity contribution is 0.0932. The number of sulfonamides is 1. The number of pyridine rings is 1. The van der Waals surface area contributed by atoms with E-state index in [0.717, 1.165) is 30.5 Å². The highest BCUT2D eigenvalue weighted by Crippen LogP contribution is 2.30. The quantitative estimate of drug-likeness (QED) is 0.531. The maximum Gasteiger partial charge on any atom is 0.251 e. The van der Waals surface area contributed by atoms with Gasteiger partial charge >= 0.3 is 0 Å². The van der Waals surface area contributed by atoms with Gasteiger partial charge in [0.15, 0.2) is 0 Å². The highest BCUT2D eigenvalue weighted by molar-refractivity contribution is 7.89. The van der Waals surface area contributed by atoms with Crippen molar-refractivity contribution in [3.63, 3.8) is 0 Å². The van der Waals surface area contributed by atoms with Crippen molar-refractivity contribution in [1.29, 1.82) is 0 Å². The van der Waals surface area contributed by atoms with E-state index >= 15 is 0 Å². The van der Waals surface area contributed by atoms with Gasteiger partial charge in [0, 0.05) is 30.4 Å². The third-order valence-corrected chi connectivity index (χ3v) is 7.27. The summed E-state index contributed by atoms with van der Waals surface area (Å²) in [5.74, 6) is -0.135. The normalized spacial score (nSPS) is 15.5. The van der Waals surface area contributed by atoms with E-state index in [0.29, 0.717) is 6.42 Å². The number of nitrogens with one attached hydrogen (secondary N) is 2. The summed E-state index contributed by atoms with van der Waals surface area (Å²) in [6, 6.07) is 18.0. The Labute approximate surface area is 194 Å². The summed E-state index contributed by atoms with van der Waals surface area (Å²) in [5, 5.41) is 3.07. The SMILES string of the molecule is COc1ccc(C(=O)N[C@H]2CCCc3ccccc32)cc1S(=O)(=O)NCCc1ccccn1. The average molecular weight is 466 g/mol. The largest absolute Gasteiger partial charge is 0.495 e. The second-order valence-electron chi connectivity index (χ2n) is 7.95. The second kappa shape index (κ2) is 10.1. The van der Waals surface area contributed by atoms with Crippen molar-refractivity contribution in [1.82, 2.24) is 15.0 Å². The van der Waals surface area contributed by atoms with Gasteiger partial charge in [-0.25, -0.2) is 13.1 Å². The number of carbonyl (C=O) groups is 1. The standard InChI is InChI=1S/C25H27N3O4S/c1-32-23-13-12-19(25(29)28-22-11-6-8-18-7-2-3-10-21(18)22)17-24(23)33(30,31)27-16-14-20-9-4-5-15-26-20/h2-5,7,9-10,12-13,15,17,22,27H,6,8,11,14,16H2,1H3,(H,28,29)/t22-/m0/s1. The van der Waals surface area contributed by atoms with Gasteiger partial charge in [0.05, 0.1) is 13.2 Å². The van der Waals surface area contributed by atoms with Gasteiger partial charge in [0.2, 0.25) is 10.0 Å². The number of aromatic nitrogens is 1. The zero-order valence-corrected chi connectivity index (χ0v) is 19.3. The fraction of sp³-hybridized carbons (Fsp3) is 0.280. The zero-order valence-electron chi connectivity index (χ0n) is 18.5. The molecular weight excluding hydrogens is 438 g/mol. The number of methoxy groups -OCH3 is 1. The zero-order chi connectivity index (χ0) is 23.3. The van der Waals surface area contributed by atoms with E-state index in [-0.39, 0.29) is 34.7 Å². The van der Waals surface area contributed by atoms with Crippen LogP contribution in [0.4, 0.5) is 0 Å². The highest BCUT2D eigenvalue weighted by Gasteiger charge is 2.25. The molecule has 0 radical (unpaired) electrons. The third-order valence-electron chi connectivity index (χ3n) is 5.79. The topological polar surface area (TPSA) is 97.4 Å². The van der Waals surface area contributed by atoms with Gasteiger partial charge in [-0.1, -0.05) is 30.3 Å². The van der Waals surface area contributed by atoms with E-state index in [2.05, 4.69) is 21.1 Å². The number of ether oxygens (including phenoxy) is 1. The molecule has 4 rings (SSSR count). The van der Waals surface area contributed by atoms with Gasteiger partial charge < -0.3 is 10.1 Å². The van der Waals surface area contributed by atoms with Gasteiger partial charge in [-0.05, 0) is 60.7 Å². The summed E-state index contributed by atoms with van der Waals surface area (Å²) in [5.41, 5.74) is 3.41. The Morgan fingerprint density at radius 3 is 2.73 bits per heavy atom. The van der Waals surface area contributed by atoms with Crippen molar-refractivity contribution in [3.8, 4) is 5.75 Å². The molecule has 3 aromatic rings. The summed E-state index contributed by atoms with van der Waals surface area (Å²) < 4.78 is 33.8. The van der Waals surface area contributed by atoms with E-state index in [9.17, 15) is 13.2 Å². The molecule has 0 fully saturated rings. The maximum atomic E-state index is 13.0. The van der Waals surface area contributed by atoms with Crippen LogP contribution in [-0.4, -0.2) is 33.0 Å². The first-order valence-electron chi connectivity index (χ1n) is 10.9. The molecule has 1 amide bonds. The molecule has 1 aromatic heterocycles. The molecule has 0 aliphatic heterocycles. The van der Waals surface area contributed by atoms with Crippen LogP contribution in [-0.2, 0) is 22.9 Å². The van der Waals surface area contributed by atoms with Gasteiger partial charge in [-0.3, -0.25) is 9.78 Å². The average Bonchev–Trinajstić information content (AvgIpc) is 2.84. The monoisotopic (exact) mass is 465 g/mol. The first-order valence-corrected chi connectivity index (χ1v) is 12.4. The molecular formula is C25H27N3O4S. The van der Waals surface area contributed by atoms with Crippen molar-refractivity contribution in [2.75, 3.05) is 13.7 Å². The smallest absolute Gasteiger partial charge is 0.251 e. The minimum absolute atomic E-state index is 0.0669. The molecule has 0 bridgehead atoms. The maximum absolute atomic E-state index is 13.0. The molecule has 0 spiro atoms. The molecule has 1 aliphatic carbocycles. The molecule has 8 heteroatoms. The van der Waals surface area contributed by atoms with E-state index in [1.807, 2.05) is 30.3 Å². The van der Waals surface area contributed by atoms with Gasteiger partial charge in [0.1, 0.15) is 10.6 Å². The number of amides is 1. The Bertz CT molecular complexity index is 1230. The van der Waals surface area contributed by atoms with E-state index in [4.69, 9.17) is 4.74 Å². The molecule has 1 atom stereocenters. The van der Waals surface area contributed by atoms with E-state index in [1.165, 1.54) is 24.8 Å². The van der Waals surface area contributed by atoms with Crippen LogP contribution in [0.15, 0.2) is 71.8 Å². The number of hydrogen-bond donors (Lipinski definition) is 2. The van der Waals surface area contributed by atoms with Crippen LogP contribution >= 0.6 is 0 Å². The second-order valence-corrected chi connectivity index (χ2v) is 9.69. The predicted molar refractivity (Wildman–Crippen MR) is 126 cm³/mol. The Morgan fingerprint density at radius 1 is 1.12 bits per heavy atom. The first-order chi connectivity index (χ1) is 16.0. The molecule has 0 saturated carbocycles. The van der Waals surface area contributed by atoms with E-state index in [1.54, 1.807) is 18.3 Å². The van der Waals surface area contributed by atoms with Crippen molar-refractivity contribution < 1.29 is 17.9 Å². The highest BCUT2D eigenvalue weighted by atomic mass is 32.2. The summed E-state index contributed by atoms with van der Waals surface area (Å²) in [7, 11) is -2.49. The Balaban J connectivity index is 1.51. The molecule has 2 aromatic carbocycles. The number of benzene rings is 2. The number of rotatable bonds is 8. The Hall–Kier alpha value is -3.23.